The summed E-state index contributed by atoms with van der Waals surface area (Å²) < 4.78 is 18.1. The number of carbonyl (C=O) groups excluding carboxylic acids is 1. The first kappa shape index (κ1) is 28.9. The molecule has 6 aromatic rings. The molecule has 0 saturated heterocycles. The summed E-state index contributed by atoms with van der Waals surface area (Å²) in [6.45, 7) is 2.24. The minimum Gasteiger partial charge on any atom is -0.342 e. The molecule has 0 saturated carbocycles. The van der Waals surface area contributed by atoms with Crippen molar-refractivity contribution in [1.29, 1.82) is 5.26 Å². The van der Waals surface area contributed by atoms with Crippen LogP contribution in [0.2, 0.25) is 0 Å². The zero-order valence-electron chi connectivity index (χ0n) is 24.6. The highest BCUT2D eigenvalue weighted by Crippen LogP contribution is 2.31. The van der Waals surface area contributed by atoms with Gasteiger partial charge in [-0.2, -0.15) is 5.26 Å². The van der Waals surface area contributed by atoms with Crippen molar-refractivity contribution >= 4 is 39.9 Å². The van der Waals surface area contributed by atoms with E-state index in [-0.39, 0.29) is 5.56 Å². The second kappa shape index (κ2) is 11.9. The first-order valence-corrected chi connectivity index (χ1v) is 15.4. The molecule has 4 aromatic carbocycles. The fourth-order valence-corrected chi connectivity index (χ4v) is 6.94. The third-order valence-electron chi connectivity index (χ3n) is 8.07. The molecule has 0 fully saturated rings. The fraction of sp³-hybridized carbons (Fsp3) is 0.0811. The minimum atomic E-state index is -0.813. The average Bonchev–Trinajstić information content (AvgIpc) is 3.57. The van der Waals surface area contributed by atoms with Crippen molar-refractivity contribution in [2.75, 3.05) is 5.32 Å². The van der Waals surface area contributed by atoms with Crippen LogP contribution in [0, 0.1) is 17.1 Å². The molecule has 7 rings (SSSR count). The number of nitrogens with one attached hydrogen (secondary N) is 1. The van der Waals surface area contributed by atoms with E-state index in [1.807, 2.05) is 72.9 Å². The lowest BCUT2D eigenvalue weighted by molar-refractivity contribution is -0.113. The SMILES string of the molecule is CC1=C(C(=O)Nc2ccccc2)[C@H](c2ccc(F)cc2)n2c(s/c(=C/c3cn(Cc4ccccc4C#N)c4ccccc34)c2=O)=N1. The zero-order valence-corrected chi connectivity index (χ0v) is 25.5. The molecule has 9 heteroatoms. The van der Waals surface area contributed by atoms with Gasteiger partial charge in [0, 0.05) is 34.9 Å². The van der Waals surface area contributed by atoms with E-state index in [2.05, 4.69) is 16.0 Å². The van der Waals surface area contributed by atoms with Crippen molar-refractivity contribution in [1.82, 2.24) is 9.13 Å². The van der Waals surface area contributed by atoms with Gasteiger partial charge in [-0.15, -0.1) is 0 Å². The molecule has 224 valence electrons. The topological polar surface area (TPSA) is 92.2 Å². The van der Waals surface area contributed by atoms with Crippen LogP contribution >= 0.6 is 11.3 Å². The van der Waals surface area contributed by atoms with Gasteiger partial charge in [0.25, 0.3) is 11.5 Å². The largest absolute Gasteiger partial charge is 0.342 e. The Bertz CT molecular complexity index is 2400. The number of carbonyl (C=O) groups is 1. The summed E-state index contributed by atoms with van der Waals surface area (Å²) in [6, 6.07) is 31.8. The van der Waals surface area contributed by atoms with Crippen molar-refractivity contribution < 1.29 is 9.18 Å². The number of benzene rings is 4. The number of thiazole rings is 1. The number of para-hydroxylation sites is 2. The number of aromatic nitrogens is 2. The van der Waals surface area contributed by atoms with Gasteiger partial charge in [0.05, 0.1) is 33.5 Å². The maximum absolute atomic E-state index is 14.2. The van der Waals surface area contributed by atoms with Gasteiger partial charge in [-0.05, 0) is 60.5 Å². The molecular weight excluding hydrogens is 598 g/mol. The number of anilines is 1. The highest BCUT2D eigenvalue weighted by molar-refractivity contribution is 7.07. The van der Waals surface area contributed by atoms with Crippen LogP contribution in [-0.4, -0.2) is 15.0 Å². The Labute approximate surface area is 267 Å². The van der Waals surface area contributed by atoms with E-state index < -0.39 is 17.8 Å². The fourth-order valence-electron chi connectivity index (χ4n) is 5.91. The van der Waals surface area contributed by atoms with Crippen molar-refractivity contribution in [2.24, 2.45) is 4.99 Å². The molecule has 0 bridgehead atoms. The summed E-state index contributed by atoms with van der Waals surface area (Å²) in [4.78, 5) is 33.1. The van der Waals surface area contributed by atoms with E-state index in [9.17, 15) is 19.2 Å². The van der Waals surface area contributed by atoms with Crippen molar-refractivity contribution in [3.8, 4) is 6.07 Å². The lowest BCUT2D eigenvalue weighted by atomic mass is 9.95. The predicted molar refractivity (Wildman–Crippen MR) is 177 cm³/mol. The first-order valence-electron chi connectivity index (χ1n) is 14.6. The van der Waals surface area contributed by atoms with E-state index >= 15 is 0 Å². The third kappa shape index (κ3) is 5.25. The standard InChI is InChI=1S/C37H26FN5O2S/c1-23-33(35(44)41-29-11-3-2-4-12-29)34(24-15-17-28(38)18-16-24)43-36(45)32(46-37(43)40-23)19-27-22-42(31-14-8-7-13-30(27)31)21-26-10-6-5-9-25(26)20-39/h2-19,22,34H,21H2,1H3,(H,41,44)/b32-19+/t34-/m0/s1. The maximum atomic E-state index is 14.2. The molecule has 1 aliphatic heterocycles. The highest BCUT2D eigenvalue weighted by Gasteiger charge is 2.32. The number of nitrogens with zero attached hydrogens (tertiary/aromatic N) is 4. The summed E-state index contributed by atoms with van der Waals surface area (Å²) >= 11 is 1.24. The van der Waals surface area contributed by atoms with Gasteiger partial charge < -0.3 is 9.88 Å². The van der Waals surface area contributed by atoms with Gasteiger partial charge in [-0.25, -0.2) is 9.38 Å². The van der Waals surface area contributed by atoms with Crippen LogP contribution in [0.25, 0.3) is 17.0 Å². The molecule has 1 atom stereocenters. The Balaban J connectivity index is 1.36. The summed E-state index contributed by atoms with van der Waals surface area (Å²) in [6.07, 6.45) is 3.84. The van der Waals surface area contributed by atoms with Gasteiger partial charge >= 0.3 is 0 Å². The number of halogens is 1. The molecule has 1 N–H and O–H groups in total. The maximum Gasteiger partial charge on any atom is 0.271 e. The van der Waals surface area contributed by atoms with E-state index in [0.717, 1.165) is 22.0 Å². The Kier molecular flexibility index (Phi) is 7.48. The van der Waals surface area contributed by atoms with Crippen molar-refractivity contribution in [2.45, 2.75) is 19.5 Å². The lowest BCUT2D eigenvalue weighted by Gasteiger charge is -2.25. The van der Waals surface area contributed by atoms with Crippen LogP contribution in [-0.2, 0) is 11.3 Å². The van der Waals surface area contributed by atoms with Crippen LogP contribution < -0.4 is 20.2 Å². The van der Waals surface area contributed by atoms with Crippen LogP contribution in [0.15, 0.2) is 130 Å². The van der Waals surface area contributed by atoms with Crippen LogP contribution in [0.3, 0.4) is 0 Å². The third-order valence-corrected chi connectivity index (χ3v) is 9.05. The van der Waals surface area contributed by atoms with E-state index in [4.69, 9.17) is 4.99 Å². The Morgan fingerprint density at radius 1 is 1.00 bits per heavy atom. The molecule has 1 amide bonds. The summed E-state index contributed by atoms with van der Waals surface area (Å²) in [5.41, 5.74) is 4.99. The van der Waals surface area contributed by atoms with Gasteiger partial charge in [0.15, 0.2) is 4.80 Å². The molecule has 0 spiro atoms. The van der Waals surface area contributed by atoms with E-state index in [0.29, 0.717) is 44.0 Å². The smallest absolute Gasteiger partial charge is 0.271 e. The zero-order chi connectivity index (χ0) is 31.8. The molecule has 2 aromatic heterocycles. The lowest BCUT2D eigenvalue weighted by Crippen LogP contribution is -2.40. The van der Waals surface area contributed by atoms with Gasteiger partial charge in [-0.3, -0.25) is 14.2 Å². The quantitative estimate of drug-likeness (QED) is 0.251. The van der Waals surface area contributed by atoms with Crippen molar-refractivity contribution in [3.63, 3.8) is 0 Å². The second-order valence-corrected chi connectivity index (χ2v) is 12.0. The van der Waals surface area contributed by atoms with Crippen LogP contribution in [0.1, 0.15) is 35.2 Å². The molecule has 0 radical (unpaired) electrons. The molecule has 0 unspecified atom stereocenters. The Morgan fingerprint density at radius 2 is 1.72 bits per heavy atom. The molecule has 1 aliphatic rings. The summed E-state index contributed by atoms with van der Waals surface area (Å²) in [5.74, 6) is -0.808. The van der Waals surface area contributed by atoms with Crippen LogP contribution in [0.4, 0.5) is 10.1 Å². The Morgan fingerprint density at radius 3 is 2.50 bits per heavy atom. The monoisotopic (exact) mass is 623 g/mol. The second-order valence-electron chi connectivity index (χ2n) is 11.0. The van der Waals surface area contributed by atoms with Gasteiger partial charge in [0.1, 0.15) is 5.82 Å². The number of hydrogen-bond acceptors (Lipinski definition) is 5. The molecular formula is C37H26FN5O2S. The number of nitriles is 1. The normalized spacial score (nSPS) is 14.5. The minimum absolute atomic E-state index is 0.303. The number of rotatable bonds is 6. The van der Waals surface area contributed by atoms with E-state index in [1.165, 1.54) is 28.0 Å². The van der Waals surface area contributed by atoms with Gasteiger partial charge in [0.2, 0.25) is 0 Å². The summed E-state index contributed by atoms with van der Waals surface area (Å²) in [5, 5.41) is 13.5. The Hall–Kier alpha value is -5.85. The molecule has 3 heterocycles. The van der Waals surface area contributed by atoms with E-state index in [1.54, 1.807) is 37.3 Å². The number of hydrogen-bond donors (Lipinski definition) is 1. The predicted octanol–water partition coefficient (Wildman–Crippen LogP) is 5.89. The highest BCUT2D eigenvalue weighted by atomic mass is 32.1. The number of allylic oxidation sites excluding steroid dienone is 1. The number of amides is 1. The van der Waals surface area contributed by atoms with Crippen molar-refractivity contribution in [3.05, 3.63) is 168 Å². The molecule has 46 heavy (non-hydrogen) atoms. The van der Waals surface area contributed by atoms with Gasteiger partial charge in [-0.1, -0.05) is 78.1 Å². The summed E-state index contributed by atoms with van der Waals surface area (Å²) in [7, 11) is 0. The first-order chi connectivity index (χ1) is 22.4. The number of fused-ring (bicyclic) bond motifs is 2. The average molecular weight is 624 g/mol. The molecule has 0 aliphatic carbocycles. The van der Waals surface area contributed by atoms with Crippen LogP contribution in [0.5, 0.6) is 0 Å². The molecule has 7 nitrogen and oxygen atoms in total.